The van der Waals surface area contributed by atoms with E-state index in [0.29, 0.717) is 13.0 Å². The first-order valence-corrected chi connectivity index (χ1v) is 6.42. The summed E-state index contributed by atoms with van der Waals surface area (Å²) in [6.07, 6.45) is 2.45. The Hall–Kier alpha value is -2.10. The molecule has 0 saturated carbocycles. The van der Waals surface area contributed by atoms with Gasteiger partial charge in [-0.3, -0.25) is 4.79 Å². The van der Waals surface area contributed by atoms with Crippen LogP contribution < -0.4 is 4.90 Å². The molecule has 1 N–H and O–H groups in total. The van der Waals surface area contributed by atoms with Crippen LogP contribution in [-0.2, 0) is 4.79 Å². The Labute approximate surface area is 111 Å². The van der Waals surface area contributed by atoms with Gasteiger partial charge in [-0.1, -0.05) is 24.3 Å². The topological polar surface area (TPSA) is 53.4 Å². The SMILES string of the molecule is CC1(C(=O)O)CCN(c2nccc3ccccc23)C1. The van der Waals surface area contributed by atoms with Crippen molar-refractivity contribution in [2.45, 2.75) is 13.3 Å². The van der Waals surface area contributed by atoms with Crippen molar-refractivity contribution in [3.63, 3.8) is 0 Å². The molecule has 1 saturated heterocycles. The predicted molar refractivity (Wildman–Crippen MR) is 74.3 cm³/mol. The van der Waals surface area contributed by atoms with Gasteiger partial charge in [0, 0.05) is 24.7 Å². The first-order valence-electron chi connectivity index (χ1n) is 6.42. The van der Waals surface area contributed by atoms with Crippen LogP contribution in [0.15, 0.2) is 36.5 Å². The molecule has 1 fully saturated rings. The maximum Gasteiger partial charge on any atom is 0.311 e. The molecule has 1 unspecified atom stereocenters. The summed E-state index contributed by atoms with van der Waals surface area (Å²) >= 11 is 0. The van der Waals surface area contributed by atoms with Gasteiger partial charge in [-0.2, -0.15) is 0 Å². The van der Waals surface area contributed by atoms with Gasteiger partial charge in [-0.05, 0) is 24.8 Å². The Balaban J connectivity index is 2.01. The normalized spacial score (nSPS) is 22.9. The number of aromatic nitrogens is 1. The van der Waals surface area contributed by atoms with Crippen molar-refractivity contribution in [1.82, 2.24) is 4.98 Å². The number of carboxylic acids is 1. The average Bonchev–Trinajstić information content (AvgIpc) is 2.82. The number of rotatable bonds is 2. The van der Waals surface area contributed by atoms with Crippen LogP contribution in [0.3, 0.4) is 0 Å². The van der Waals surface area contributed by atoms with Gasteiger partial charge in [0.1, 0.15) is 5.82 Å². The number of carbonyl (C=O) groups is 1. The number of hydrogen-bond donors (Lipinski definition) is 1. The van der Waals surface area contributed by atoms with Gasteiger partial charge in [-0.25, -0.2) is 4.98 Å². The molecule has 19 heavy (non-hydrogen) atoms. The number of nitrogens with zero attached hydrogens (tertiary/aromatic N) is 2. The summed E-state index contributed by atoms with van der Waals surface area (Å²) in [5.41, 5.74) is -0.668. The van der Waals surface area contributed by atoms with E-state index < -0.39 is 11.4 Å². The number of hydrogen-bond acceptors (Lipinski definition) is 3. The monoisotopic (exact) mass is 256 g/mol. The standard InChI is InChI=1S/C15H16N2O2/c1-15(14(18)19)7-9-17(10-15)13-12-5-3-2-4-11(12)6-8-16-13/h2-6,8H,7,9-10H2,1H3,(H,18,19). The van der Waals surface area contributed by atoms with Gasteiger partial charge >= 0.3 is 5.97 Å². The Kier molecular flexibility index (Phi) is 2.66. The fourth-order valence-corrected chi connectivity index (χ4v) is 2.67. The van der Waals surface area contributed by atoms with Crippen LogP contribution in [0.4, 0.5) is 5.82 Å². The van der Waals surface area contributed by atoms with Crippen LogP contribution >= 0.6 is 0 Å². The van der Waals surface area contributed by atoms with E-state index in [1.165, 1.54) is 0 Å². The summed E-state index contributed by atoms with van der Waals surface area (Å²) in [6, 6.07) is 10.0. The zero-order valence-corrected chi connectivity index (χ0v) is 10.8. The van der Waals surface area contributed by atoms with E-state index in [2.05, 4.69) is 9.88 Å². The Morgan fingerprint density at radius 1 is 1.37 bits per heavy atom. The molecule has 0 spiro atoms. The number of aliphatic carboxylic acids is 1. The Morgan fingerprint density at radius 3 is 2.89 bits per heavy atom. The lowest BCUT2D eigenvalue weighted by molar-refractivity contribution is -0.146. The van der Waals surface area contributed by atoms with Gasteiger partial charge in [-0.15, -0.1) is 0 Å². The molecular weight excluding hydrogens is 240 g/mol. The number of fused-ring (bicyclic) bond motifs is 1. The second kappa shape index (κ2) is 4.23. The number of pyridine rings is 1. The molecule has 0 aliphatic carbocycles. The van der Waals surface area contributed by atoms with E-state index in [1.54, 1.807) is 13.1 Å². The summed E-state index contributed by atoms with van der Waals surface area (Å²) < 4.78 is 0. The lowest BCUT2D eigenvalue weighted by Crippen LogP contribution is -2.32. The van der Waals surface area contributed by atoms with Crippen LogP contribution in [0.1, 0.15) is 13.3 Å². The van der Waals surface area contributed by atoms with Crippen molar-refractivity contribution in [2.75, 3.05) is 18.0 Å². The van der Waals surface area contributed by atoms with Crippen molar-refractivity contribution in [3.05, 3.63) is 36.5 Å². The maximum atomic E-state index is 11.3. The molecule has 2 aromatic rings. The molecule has 4 nitrogen and oxygen atoms in total. The second-order valence-corrected chi connectivity index (χ2v) is 5.39. The third-order valence-corrected chi connectivity index (χ3v) is 3.94. The molecular formula is C15H16N2O2. The van der Waals surface area contributed by atoms with E-state index in [9.17, 15) is 9.90 Å². The van der Waals surface area contributed by atoms with E-state index in [4.69, 9.17) is 0 Å². The summed E-state index contributed by atoms with van der Waals surface area (Å²) in [4.78, 5) is 17.8. The molecule has 0 radical (unpaired) electrons. The minimum absolute atomic E-state index is 0.517. The minimum Gasteiger partial charge on any atom is -0.481 e. The molecule has 1 aliphatic rings. The molecule has 0 amide bonds. The summed E-state index contributed by atoms with van der Waals surface area (Å²) in [5, 5.41) is 11.5. The van der Waals surface area contributed by atoms with Gasteiger partial charge in [0.15, 0.2) is 0 Å². The summed E-state index contributed by atoms with van der Waals surface area (Å²) in [5.74, 6) is 0.165. The molecule has 2 heterocycles. The zero-order valence-electron chi connectivity index (χ0n) is 10.8. The van der Waals surface area contributed by atoms with Crippen molar-refractivity contribution in [3.8, 4) is 0 Å². The van der Waals surface area contributed by atoms with Gasteiger partial charge < -0.3 is 10.0 Å². The van der Waals surface area contributed by atoms with E-state index in [-0.39, 0.29) is 0 Å². The highest BCUT2D eigenvalue weighted by Crippen LogP contribution is 2.35. The summed E-state index contributed by atoms with van der Waals surface area (Å²) in [6.45, 7) is 3.06. The quantitative estimate of drug-likeness (QED) is 0.897. The molecule has 4 heteroatoms. The average molecular weight is 256 g/mol. The maximum absolute atomic E-state index is 11.3. The molecule has 0 bridgehead atoms. The van der Waals surface area contributed by atoms with Gasteiger partial charge in [0.2, 0.25) is 0 Å². The van der Waals surface area contributed by atoms with Crippen molar-refractivity contribution in [1.29, 1.82) is 0 Å². The number of benzene rings is 1. The van der Waals surface area contributed by atoms with Crippen molar-refractivity contribution >= 4 is 22.6 Å². The highest BCUT2D eigenvalue weighted by molar-refractivity contribution is 5.92. The fraction of sp³-hybridized carbons (Fsp3) is 0.333. The number of carboxylic acid groups (broad SMARTS) is 1. The lowest BCUT2D eigenvalue weighted by Gasteiger charge is -2.22. The Bertz CT molecular complexity index is 636. The first-order chi connectivity index (χ1) is 9.10. The van der Waals surface area contributed by atoms with E-state index in [1.807, 2.05) is 30.3 Å². The Morgan fingerprint density at radius 2 is 2.16 bits per heavy atom. The second-order valence-electron chi connectivity index (χ2n) is 5.39. The van der Waals surface area contributed by atoms with Crippen molar-refractivity contribution < 1.29 is 9.90 Å². The molecule has 98 valence electrons. The van der Waals surface area contributed by atoms with Crippen molar-refractivity contribution in [2.24, 2.45) is 5.41 Å². The fourth-order valence-electron chi connectivity index (χ4n) is 2.67. The lowest BCUT2D eigenvalue weighted by atomic mass is 9.90. The molecule has 1 aliphatic heterocycles. The minimum atomic E-state index is -0.727. The van der Waals surface area contributed by atoms with Crippen LogP contribution in [0.2, 0.25) is 0 Å². The van der Waals surface area contributed by atoms with Crippen LogP contribution in [0.5, 0.6) is 0 Å². The highest BCUT2D eigenvalue weighted by Gasteiger charge is 2.41. The summed E-state index contributed by atoms with van der Waals surface area (Å²) in [7, 11) is 0. The predicted octanol–water partition coefficient (Wildman–Crippen LogP) is 2.54. The van der Waals surface area contributed by atoms with Gasteiger partial charge in [0.25, 0.3) is 0 Å². The highest BCUT2D eigenvalue weighted by atomic mass is 16.4. The van der Waals surface area contributed by atoms with E-state index in [0.717, 1.165) is 23.1 Å². The van der Waals surface area contributed by atoms with E-state index >= 15 is 0 Å². The smallest absolute Gasteiger partial charge is 0.311 e. The largest absolute Gasteiger partial charge is 0.481 e. The first kappa shape index (κ1) is 12.0. The third kappa shape index (κ3) is 1.93. The molecule has 1 aromatic heterocycles. The number of anilines is 1. The third-order valence-electron chi connectivity index (χ3n) is 3.94. The van der Waals surface area contributed by atoms with Gasteiger partial charge in [0.05, 0.1) is 5.41 Å². The molecule has 1 atom stereocenters. The zero-order chi connectivity index (χ0) is 13.5. The van der Waals surface area contributed by atoms with Crippen LogP contribution in [0.25, 0.3) is 10.8 Å². The molecule has 1 aromatic carbocycles. The molecule has 3 rings (SSSR count). The van der Waals surface area contributed by atoms with Crippen LogP contribution in [-0.4, -0.2) is 29.1 Å². The van der Waals surface area contributed by atoms with Crippen LogP contribution in [0, 0.1) is 5.41 Å².